The molecule has 0 bridgehead atoms. The predicted octanol–water partition coefficient (Wildman–Crippen LogP) is 1.54. The lowest BCUT2D eigenvalue weighted by Gasteiger charge is -2.23. The second-order valence-corrected chi connectivity index (χ2v) is 3.58. The second kappa shape index (κ2) is 3.35. The molecule has 1 unspecified atom stereocenters. The van der Waals surface area contributed by atoms with Gasteiger partial charge >= 0.3 is 0 Å². The van der Waals surface area contributed by atoms with Crippen molar-refractivity contribution < 1.29 is 5.11 Å². The molecule has 2 N–H and O–H groups in total. The van der Waals surface area contributed by atoms with Crippen LogP contribution in [0.25, 0.3) is 0 Å². The Hall–Kier alpha value is -1.48. The van der Waals surface area contributed by atoms with Crippen LogP contribution in [-0.4, -0.2) is 11.3 Å². The van der Waals surface area contributed by atoms with Crippen LogP contribution in [0.15, 0.2) is 36.0 Å². The van der Waals surface area contributed by atoms with E-state index in [-0.39, 0.29) is 0 Å². The summed E-state index contributed by atoms with van der Waals surface area (Å²) < 4.78 is 0. The van der Waals surface area contributed by atoms with E-state index < -0.39 is 6.23 Å². The third-order valence-corrected chi connectivity index (χ3v) is 2.24. The number of hydrazine groups is 1. The second-order valence-electron chi connectivity index (χ2n) is 3.58. The Balaban J connectivity index is 2.25. The number of anilines is 1. The molecular formula is C11H14N2O. The van der Waals surface area contributed by atoms with Crippen molar-refractivity contribution in [2.75, 3.05) is 5.01 Å². The van der Waals surface area contributed by atoms with Crippen LogP contribution in [-0.2, 0) is 0 Å². The maximum Gasteiger partial charge on any atom is 0.166 e. The number of aliphatic hydroxyl groups is 1. The quantitative estimate of drug-likeness (QED) is 0.705. The number of hydrogen-bond acceptors (Lipinski definition) is 3. The summed E-state index contributed by atoms with van der Waals surface area (Å²) >= 11 is 0. The average Bonchev–Trinajstić information content (AvgIpc) is 2.45. The Morgan fingerprint density at radius 3 is 2.71 bits per heavy atom. The normalized spacial score (nSPS) is 20.6. The van der Waals surface area contributed by atoms with Gasteiger partial charge in [-0.05, 0) is 37.6 Å². The van der Waals surface area contributed by atoms with Gasteiger partial charge in [-0.25, -0.2) is 0 Å². The monoisotopic (exact) mass is 190 g/mol. The number of hydrogen-bond donors (Lipinski definition) is 2. The Kier molecular flexibility index (Phi) is 2.17. The van der Waals surface area contributed by atoms with E-state index in [0.717, 1.165) is 11.4 Å². The van der Waals surface area contributed by atoms with Crippen molar-refractivity contribution in [1.29, 1.82) is 0 Å². The van der Waals surface area contributed by atoms with Crippen LogP contribution < -0.4 is 10.4 Å². The van der Waals surface area contributed by atoms with Gasteiger partial charge in [0.1, 0.15) is 0 Å². The molecule has 3 heteroatoms. The predicted molar refractivity (Wildman–Crippen MR) is 56.6 cm³/mol. The van der Waals surface area contributed by atoms with E-state index >= 15 is 0 Å². The van der Waals surface area contributed by atoms with Crippen molar-refractivity contribution in [2.24, 2.45) is 0 Å². The first kappa shape index (κ1) is 9.09. The van der Waals surface area contributed by atoms with E-state index in [0.29, 0.717) is 0 Å². The number of aryl methyl sites for hydroxylation is 1. The minimum absolute atomic E-state index is 0.572. The summed E-state index contributed by atoms with van der Waals surface area (Å²) in [5.74, 6) is 0. The molecule has 14 heavy (non-hydrogen) atoms. The lowest BCUT2D eigenvalue weighted by molar-refractivity contribution is 0.218. The molecule has 2 rings (SSSR count). The Morgan fingerprint density at radius 1 is 1.36 bits per heavy atom. The Morgan fingerprint density at radius 2 is 2.14 bits per heavy atom. The van der Waals surface area contributed by atoms with Gasteiger partial charge < -0.3 is 10.5 Å². The zero-order valence-corrected chi connectivity index (χ0v) is 8.36. The van der Waals surface area contributed by atoms with Crippen LogP contribution in [0.5, 0.6) is 0 Å². The van der Waals surface area contributed by atoms with E-state index in [9.17, 15) is 5.11 Å². The van der Waals surface area contributed by atoms with E-state index in [1.165, 1.54) is 5.56 Å². The first-order valence-electron chi connectivity index (χ1n) is 4.66. The largest absolute Gasteiger partial charge is 0.368 e. The highest BCUT2D eigenvalue weighted by Crippen LogP contribution is 2.20. The number of rotatable bonds is 1. The third-order valence-electron chi connectivity index (χ3n) is 2.24. The third kappa shape index (κ3) is 1.59. The van der Waals surface area contributed by atoms with Gasteiger partial charge in [0, 0.05) is 5.70 Å². The number of benzene rings is 1. The number of aliphatic hydroxyl groups excluding tert-OH is 1. The van der Waals surface area contributed by atoms with Crippen molar-refractivity contribution in [3.05, 3.63) is 41.6 Å². The summed E-state index contributed by atoms with van der Waals surface area (Å²) in [7, 11) is 0. The molecule has 74 valence electrons. The van der Waals surface area contributed by atoms with Crippen LogP contribution in [0.1, 0.15) is 12.5 Å². The van der Waals surface area contributed by atoms with Crippen molar-refractivity contribution in [3.63, 3.8) is 0 Å². The van der Waals surface area contributed by atoms with Crippen molar-refractivity contribution in [2.45, 2.75) is 20.1 Å². The maximum atomic E-state index is 9.69. The standard InChI is InChI=1S/C11H14N2O/c1-8-4-3-5-10(6-8)13-11(14)7-9(2)12-13/h3-7,11-12,14H,1-2H3. The summed E-state index contributed by atoms with van der Waals surface area (Å²) in [6.07, 6.45) is 1.21. The molecule has 0 saturated heterocycles. The summed E-state index contributed by atoms with van der Waals surface area (Å²) in [6, 6.07) is 8.01. The smallest absolute Gasteiger partial charge is 0.166 e. The van der Waals surface area contributed by atoms with Gasteiger partial charge in [-0.1, -0.05) is 12.1 Å². The number of nitrogens with zero attached hydrogens (tertiary/aromatic N) is 1. The summed E-state index contributed by atoms with van der Waals surface area (Å²) in [5.41, 5.74) is 6.22. The highest BCUT2D eigenvalue weighted by Gasteiger charge is 2.20. The van der Waals surface area contributed by atoms with E-state index in [4.69, 9.17) is 0 Å². The van der Waals surface area contributed by atoms with E-state index in [1.807, 2.05) is 38.1 Å². The first-order chi connectivity index (χ1) is 6.66. The molecule has 0 fully saturated rings. The maximum absolute atomic E-state index is 9.69. The molecule has 1 aliphatic rings. The molecule has 0 spiro atoms. The fraction of sp³-hybridized carbons (Fsp3) is 0.273. The van der Waals surface area contributed by atoms with Gasteiger partial charge in [-0.3, -0.25) is 5.01 Å². The molecule has 1 aromatic carbocycles. The lowest BCUT2D eigenvalue weighted by Crippen LogP contribution is -2.38. The summed E-state index contributed by atoms with van der Waals surface area (Å²) in [6.45, 7) is 3.96. The zero-order valence-electron chi connectivity index (χ0n) is 8.36. The minimum atomic E-state index is -0.572. The zero-order chi connectivity index (χ0) is 10.1. The molecule has 1 aromatic rings. The SMILES string of the molecule is CC1=CC(O)N(c2cccc(C)c2)N1. The first-order valence-corrected chi connectivity index (χ1v) is 4.66. The fourth-order valence-corrected chi connectivity index (χ4v) is 1.59. The van der Waals surface area contributed by atoms with Gasteiger partial charge in [-0.15, -0.1) is 0 Å². The van der Waals surface area contributed by atoms with Gasteiger partial charge in [0.05, 0.1) is 5.69 Å². The minimum Gasteiger partial charge on any atom is -0.368 e. The molecular weight excluding hydrogens is 176 g/mol. The average molecular weight is 190 g/mol. The fourth-order valence-electron chi connectivity index (χ4n) is 1.59. The molecule has 0 radical (unpaired) electrons. The highest BCUT2D eigenvalue weighted by atomic mass is 16.3. The van der Waals surface area contributed by atoms with Crippen LogP contribution >= 0.6 is 0 Å². The van der Waals surface area contributed by atoms with Gasteiger partial charge in [-0.2, -0.15) is 0 Å². The topological polar surface area (TPSA) is 35.5 Å². The van der Waals surface area contributed by atoms with Gasteiger partial charge in [0.2, 0.25) is 0 Å². The molecule has 1 atom stereocenters. The number of allylic oxidation sites excluding steroid dienone is 1. The van der Waals surface area contributed by atoms with Crippen LogP contribution in [0.4, 0.5) is 5.69 Å². The van der Waals surface area contributed by atoms with Crippen molar-refractivity contribution >= 4 is 5.69 Å². The molecule has 1 aliphatic heterocycles. The molecule has 0 amide bonds. The Labute approximate surface area is 83.6 Å². The molecule has 3 nitrogen and oxygen atoms in total. The van der Waals surface area contributed by atoms with Gasteiger partial charge in [0.25, 0.3) is 0 Å². The van der Waals surface area contributed by atoms with E-state index in [1.54, 1.807) is 11.1 Å². The van der Waals surface area contributed by atoms with Crippen LogP contribution in [0.2, 0.25) is 0 Å². The Bertz CT molecular complexity index is 373. The van der Waals surface area contributed by atoms with Crippen molar-refractivity contribution in [1.82, 2.24) is 5.43 Å². The lowest BCUT2D eigenvalue weighted by atomic mass is 10.2. The van der Waals surface area contributed by atoms with Gasteiger partial charge in [0.15, 0.2) is 6.23 Å². The molecule has 0 saturated carbocycles. The van der Waals surface area contributed by atoms with Crippen LogP contribution in [0, 0.1) is 6.92 Å². The molecule has 0 aliphatic carbocycles. The van der Waals surface area contributed by atoms with Crippen molar-refractivity contribution in [3.8, 4) is 0 Å². The summed E-state index contributed by atoms with van der Waals surface area (Å²) in [5, 5.41) is 11.4. The molecule has 0 aromatic heterocycles. The molecule has 1 heterocycles. The summed E-state index contributed by atoms with van der Waals surface area (Å²) in [4.78, 5) is 0. The highest BCUT2D eigenvalue weighted by molar-refractivity contribution is 5.50. The number of nitrogens with one attached hydrogen (secondary N) is 1. The van der Waals surface area contributed by atoms with E-state index in [2.05, 4.69) is 5.43 Å². The van der Waals surface area contributed by atoms with Crippen LogP contribution in [0.3, 0.4) is 0 Å².